The van der Waals surface area contributed by atoms with Crippen molar-refractivity contribution in [2.24, 2.45) is 5.92 Å². The third-order valence-electron chi connectivity index (χ3n) is 8.75. The molecule has 6 heteroatoms. The van der Waals surface area contributed by atoms with E-state index in [0.717, 1.165) is 19.6 Å². The summed E-state index contributed by atoms with van der Waals surface area (Å²) >= 11 is 0. The largest absolute Gasteiger partial charge is 0.726 e. The summed E-state index contributed by atoms with van der Waals surface area (Å²) in [5.74, 6) is 0.970. The van der Waals surface area contributed by atoms with Gasteiger partial charge in [-0.3, -0.25) is 4.18 Å². The van der Waals surface area contributed by atoms with Crippen LogP contribution in [0, 0.1) is 5.92 Å². The number of hydrogen-bond donors (Lipinski definition) is 1. The molecule has 256 valence electrons. The zero-order valence-corrected chi connectivity index (χ0v) is 29.8. The minimum absolute atomic E-state index is 0.808. The lowest BCUT2D eigenvalue weighted by Gasteiger charge is -2.15. The lowest BCUT2D eigenvalue weighted by atomic mass is 9.91. The molecule has 0 saturated carbocycles. The monoisotopic (exact) mass is 620 g/mol. The molecule has 0 unspecified atom stereocenters. The summed E-state index contributed by atoms with van der Waals surface area (Å²) in [4.78, 5) is 0. The summed E-state index contributed by atoms with van der Waals surface area (Å²) in [6.07, 6.45) is 45.4. The molecule has 0 aromatic heterocycles. The summed E-state index contributed by atoms with van der Waals surface area (Å²) in [5, 5.41) is 0. The standard InChI is InChI=1S/C35H73N.CH4O4S/c1-3-5-7-9-11-13-15-17-19-21-23-25-27-29-31-35(33-34-36)32-30-28-26-24-22-20-18-16-14-12-10-8-6-4-2;1-5-6(2,3)4/h35H,3-34,36H2,1-2H3;1H3,(H,2,3,4). The summed E-state index contributed by atoms with van der Waals surface area (Å²) in [6, 6.07) is 0. The first-order valence-electron chi connectivity index (χ1n) is 18.7. The quantitative estimate of drug-likeness (QED) is 0.0449. The van der Waals surface area contributed by atoms with E-state index in [1.165, 1.54) is 199 Å². The van der Waals surface area contributed by atoms with E-state index in [1.54, 1.807) is 0 Å². The molecular formula is C36H77NO4S. The first-order valence-corrected chi connectivity index (χ1v) is 20.0. The van der Waals surface area contributed by atoms with Gasteiger partial charge in [0.2, 0.25) is 10.4 Å². The SMILES string of the molecule is CCCCCCCCCCCCCCCCC(CC[NH3+])CCCCCCCCCCCCCCCC.COS(=O)(=O)[O-]. The van der Waals surface area contributed by atoms with Crippen LogP contribution in [0.2, 0.25) is 0 Å². The Hall–Kier alpha value is -0.170. The predicted molar refractivity (Wildman–Crippen MR) is 182 cm³/mol. The smallest absolute Gasteiger partial charge is 0.217 e. The second kappa shape index (κ2) is 37.0. The predicted octanol–water partition coefficient (Wildman–Crippen LogP) is 11.1. The van der Waals surface area contributed by atoms with Crippen LogP contribution in [0.5, 0.6) is 0 Å². The molecule has 0 radical (unpaired) electrons. The van der Waals surface area contributed by atoms with E-state index < -0.39 is 10.4 Å². The van der Waals surface area contributed by atoms with Crippen molar-refractivity contribution in [1.29, 1.82) is 0 Å². The van der Waals surface area contributed by atoms with E-state index in [9.17, 15) is 13.0 Å². The van der Waals surface area contributed by atoms with Gasteiger partial charge in [0.15, 0.2) is 0 Å². The Bertz CT molecular complexity index is 553. The number of quaternary nitrogens is 1. The van der Waals surface area contributed by atoms with Crippen molar-refractivity contribution >= 4 is 10.4 Å². The molecule has 0 spiro atoms. The minimum Gasteiger partial charge on any atom is -0.726 e. The molecule has 0 aliphatic heterocycles. The van der Waals surface area contributed by atoms with Gasteiger partial charge in [0.25, 0.3) is 0 Å². The van der Waals surface area contributed by atoms with Gasteiger partial charge >= 0.3 is 0 Å². The molecule has 42 heavy (non-hydrogen) atoms. The normalized spacial score (nSPS) is 11.7. The molecule has 0 saturated heterocycles. The van der Waals surface area contributed by atoms with Crippen LogP contribution in [0.25, 0.3) is 0 Å². The van der Waals surface area contributed by atoms with Crippen molar-refractivity contribution in [2.75, 3.05) is 13.7 Å². The highest BCUT2D eigenvalue weighted by atomic mass is 32.3. The molecule has 0 amide bonds. The fraction of sp³-hybridized carbons (Fsp3) is 1.00. The molecule has 0 aliphatic carbocycles. The highest BCUT2D eigenvalue weighted by Gasteiger charge is 2.08. The van der Waals surface area contributed by atoms with E-state index in [2.05, 4.69) is 23.8 Å². The number of hydrogen-bond acceptors (Lipinski definition) is 4. The molecule has 0 aromatic rings. The molecule has 0 heterocycles. The van der Waals surface area contributed by atoms with Crippen LogP contribution in [0.1, 0.15) is 213 Å². The van der Waals surface area contributed by atoms with Crippen LogP contribution < -0.4 is 5.73 Å². The van der Waals surface area contributed by atoms with Crippen molar-refractivity contribution in [3.8, 4) is 0 Å². The molecule has 5 nitrogen and oxygen atoms in total. The maximum atomic E-state index is 9.22. The Morgan fingerprint density at radius 3 is 0.881 bits per heavy atom. The maximum Gasteiger partial charge on any atom is 0.217 e. The Kier molecular flexibility index (Phi) is 38.7. The summed E-state index contributed by atoms with van der Waals surface area (Å²) in [5.41, 5.74) is 4.16. The fourth-order valence-electron chi connectivity index (χ4n) is 5.98. The average Bonchev–Trinajstić information content (AvgIpc) is 2.97. The number of unbranched alkanes of at least 4 members (excludes halogenated alkanes) is 26. The Labute approximate surface area is 265 Å². The summed E-state index contributed by atoms with van der Waals surface area (Å²) in [7, 11) is -3.60. The van der Waals surface area contributed by atoms with Crippen LogP contribution in [0.4, 0.5) is 0 Å². The van der Waals surface area contributed by atoms with Gasteiger partial charge in [0.1, 0.15) is 0 Å². The molecular weight excluding hydrogens is 542 g/mol. The molecule has 0 fully saturated rings. The van der Waals surface area contributed by atoms with Gasteiger partial charge in [0.05, 0.1) is 13.7 Å². The van der Waals surface area contributed by atoms with Crippen molar-refractivity contribution in [3.63, 3.8) is 0 Å². The van der Waals surface area contributed by atoms with Crippen molar-refractivity contribution < 1.29 is 22.9 Å². The van der Waals surface area contributed by atoms with Crippen LogP contribution in [-0.4, -0.2) is 26.6 Å². The average molecular weight is 620 g/mol. The second-order valence-corrected chi connectivity index (χ2v) is 14.0. The first-order chi connectivity index (χ1) is 20.4. The lowest BCUT2D eigenvalue weighted by molar-refractivity contribution is -0.370. The van der Waals surface area contributed by atoms with Gasteiger partial charge < -0.3 is 10.3 Å². The van der Waals surface area contributed by atoms with Crippen molar-refractivity contribution in [1.82, 2.24) is 0 Å². The third kappa shape index (κ3) is 42.0. The van der Waals surface area contributed by atoms with Crippen molar-refractivity contribution in [3.05, 3.63) is 0 Å². The van der Waals surface area contributed by atoms with Crippen LogP contribution in [-0.2, 0) is 14.6 Å². The highest BCUT2D eigenvalue weighted by molar-refractivity contribution is 7.80. The van der Waals surface area contributed by atoms with E-state index in [4.69, 9.17) is 0 Å². The van der Waals surface area contributed by atoms with Gasteiger partial charge in [-0.15, -0.1) is 0 Å². The van der Waals surface area contributed by atoms with Gasteiger partial charge in [-0.05, 0) is 12.3 Å². The molecule has 0 bridgehead atoms. The van der Waals surface area contributed by atoms with E-state index >= 15 is 0 Å². The van der Waals surface area contributed by atoms with Crippen molar-refractivity contribution in [2.45, 2.75) is 213 Å². The Morgan fingerprint density at radius 1 is 0.476 bits per heavy atom. The van der Waals surface area contributed by atoms with E-state index in [-0.39, 0.29) is 0 Å². The third-order valence-corrected chi connectivity index (χ3v) is 9.16. The second-order valence-electron chi connectivity index (χ2n) is 12.9. The minimum atomic E-state index is -4.41. The van der Waals surface area contributed by atoms with Gasteiger partial charge in [-0.25, -0.2) is 8.42 Å². The van der Waals surface area contributed by atoms with Crippen LogP contribution >= 0.6 is 0 Å². The van der Waals surface area contributed by atoms with E-state index in [1.807, 2.05) is 0 Å². The summed E-state index contributed by atoms with van der Waals surface area (Å²) in [6.45, 7) is 5.76. The topological polar surface area (TPSA) is 94.1 Å². The molecule has 0 atom stereocenters. The van der Waals surface area contributed by atoms with Gasteiger partial charge in [-0.2, -0.15) is 0 Å². The molecule has 0 rings (SSSR count). The molecule has 0 aromatic carbocycles. The summed E-state index contributed by atoms with van der Waals surface area (Å²) < 4.78 is 31.0. The number of rotatable bonds is 33. The van der Waals surface area contributed by atoms with E-state index in [0.29, 0.717) is 0 Å². The Morgan fingerprint density at radius 2 is 0.690 bits per heavy atom. The van der Waals surface area contributed by atoms with Crippen LogP contribution in [0.3, 0.4) is 0 Å². The first kappa shape index (κ1) is 44.0. The molecule has 3 N–H and O–H groups in total. The fourth-order valence-corrected chi connectivity index (χ4v) is 5.98. The van der Waals surface area contributed by atoms with Gasteiger partial charge in [-0.1, -0.05) is 206 Å². The maximum absolute atomic E-state index is 9.22. The van der Waals surface area contributed by atoms with Gasteiger partial charge in [0, 0.05) is 0 Å². The zero-order valence-electron chi connectivity index (χ0n) is 29.0. The van der Waals surface area contributed by atoms with Crippen LogP contribution in [0.15, 0.2) is 0 Å². The zero-order chi connectivity index (χ0) is 31.4. The Balaban J connectivity index is 0. The molecule has 0 aliphatic rings. The lowest BCUT2D eigenvalue weighted by Crippen LogP contribution is -2.50. The highest BCUT2D eigenvalue weighted by Crippen LogP contribution is 2.22.